The fraction of sp³-hybridized carbons (Fsp3) is 0.438. The summed E-state index contributed by atoms with van der Waals surface area (Å²) in [6, 6.07) is 4.36. The van der Waals surface area contributed by atoms with Gasteiger partial charge in [-0.25, -0.2) is 4.39 Å². The van der Waals surface area contributed by atoms with Crippen LogP contribution in [-0.4, -0.2) is 24.2 Å². The molecule has 0 aliphatic carbocycles. The number of carbonyl (C=O) groups excluding carboxylic acids is 1. The van der Waals surface area contributed by atoms with Crippen LogP contribution in [0.5, 0.6) is 0 Å². The Morgan fingerprint density at radius 1 is 1.43 bits per heavy atom. The van der Waals surface area contributed by atoms with E-state index in [1.165, 1.54) is 24.3 Å². The van der Waals surface area contributed by atoms with Crippen LogP contribution in [0.4, 0.5) is 4.39 Å². The minimum atomic E-state index is -0.474. The lowest BCUT2D eigenvalue weighted by Gasteiger charge is -2.29. The molecule has 0 fully saturated rings. The molecule has 0 radical (unpaired) electrons. The van der Waals surface area contributed by atoms with Gasteiger partial charge in [-0.2, -0.15) is 0 Å². The molecular formula is C16H21ClFNO2. The number of hydrogen-bond acceptors (Lipinski definition) is 2. The van der Waals surface area contributed by atoms with Gasteiger partial charge in [0.15, 0.2) is 0 Å². The summed E-state index contributed by atoms with van der Waals surface area (Å²) in [5, 5.41) is 12.4. The highest BCUT2D eigenvalue weighted by atomic mass is 35.5. The topological polar surface area (TPSA) is 49.3 Å². The monoisotopic (exact) mass is 313 g/mol. The van der Waals surface area contributed by atoms with Crippen molar-refractivity contribution in [2.45, 2.75) is 26.7 Å². The van der Waals surface area contributed by atoms with Gasteiger partial charge in [-0.1, -0.05) is 31.5 Å². The van der Waals surface area contributed by atoms with Crippen molar-refractivity contribution in [3.05, 3.63) is 40.7 Å². The average Bonchev–Trinajstić information content (AvgIpc) is 2.49. The summed E-state index contributed by atoms with van der Waals surface area (Å²) in [5.74, 6) is -0.813. The summed E-state index contributed by atoms with van der Waals surface area (Å²) in [6.07, 6.45) is 4.13. The lowest BCUT2D eigenvalue weighted by atomic mass is 9.83. The molecule has 0 unspecified atom stereocenters. The lowest BCUT2D eigenvalue weighted by Crippen LogP contribution is -2.38. The van der Waals surface area contributed by atoms with E-state index in [0.29, 0.717) is 6.54 Å². The molecule has 0 aliphatic heterocycles. The summed E-state index contributed by atoms with van der Waals surface area (Å²) in [7, 11) is 0. The Morgan fingerprint density at radius 3 is 2.62 bits per heavy atom. The second-order valence-electron chi connectivity index (χ2n) is 5.05. The van der Waals surface area contributed by atoms with Crippen LogP contribution in [0.1, 0.15) is 32.3 Å². The molecular weight excluding hydrogens is 293 g/mol. The fourth-order valence-corrected chi connectivity index (χ4v) is 2.17. The van der Waals surface area contributed by atoms with E-state index >= 15 is 0 Å². The quantitative estimate of drug-likeness (QED) is 0.758. The molecule has 1 rings (SSSR count). The molecule has 0 saturated carbocycles. The van der Waals surface area contributed by atoms with E-state index in [1.807, 2.05) is 13.8 Å². The van der Waals surface area contributed by atoms with Gasteiger partial charge in [0.1, 0.15) is 5.82 Å². The van der Waals surface area contributed by atoms with E-state index < -0.39 is 5.82 Å². The van der Waals surface area contributed by atoms with Crippen molar-refractivity contribution in [1.82, 2.24) is 5.32 Å². The zero-order chi connectivity index (χ0) is 15.9. The first-order chi connectivity index (χ1) is 9.98. The van der Waals surface area contributed by atoms with Crippen molar-refractivity contribution in [3.63, 3.8) is 0 Å². The van der Waals surface area contributed by atoms with Crippen LogP contribution in [0.25, 0.3) is 6.08 Å². The van der Waals surface area contributed by atoms with Crippen LogP contribution in [0.15, 0.2) is 24.3 Å². The molecule has 0 aliphatic rings. The molecule has 1 amide bonds. The number of carbonyl (C=O) groups is 1. The third-order valence-corrected chi connectivity index (χ3v) is 4.20. The predicted octanol–water partition coefficient (Wildman–Crippen LogP) is 3.41. The molecule has 0 saturated heterocycles. The summed E-state index contributed by atoms with van der Waals surface area (Å²) < 4.78 is 13.5. The molecule has 0 bridgehead atoms. The Balaban J connectivity index is 2.68. The Labute approximate surface area is 129 Å². The van der Waals surface area contributed by atoms with Crippen LogP contribution in [0.3, 0.4) is 0 Å². The molecule has 5 heteroatoms. The highest BCUT2D eigenvalue weighted by molar-refractivity contribution is 6.32. The molecule has 0 aromatic heterocycles. The van der Waals surface area contributed by atoms with Gasteiger partial charge >= 0.3 is 0 Å². The summed E-state index contributed by atoms with van der Waals surface area (Å²) in [5.41, 5.74) is -0.118. The van der Waals surface area contributed by atoms with Crippen molar-refractivity contribution in [2.75, 3.05) is 13.2 Å². The van der Waals surface area contributed by atoms with Crippen LogP contribution in [0.2, 0.25) is 5.02 Å². The molecule has 3 nitrogen and oxygen atoms in total. The highest BCUT2D eigenvalue weighted by Crippen LogP contribution is 2.24. The van der Waals surface area contributed by atoms with Crippen LogP contribution in [-0.2, 0) is 4.79 Å². The first kappa shape index (κ1) is 17.7. The first-order valence-electron chi connectivity index (χ1n) is 6.98. The number of aliphatic hydroxyl groups excluding tert-OH is 1. The Bertz CT molecular complexity index is 484. The Morgan fingerprint density at radius 2 is 2.10 bits per heavy atom. The van der Waals surface area contributed by atoms with Gasteiger partial charge in [-0.15, -0.1) is 0 Å². The van der Waals surface area contributed by atoms with Gasteiger partial charge in [0, 0.05) is 23.6 Å². The van der Waals surface area contributed by atoms with Crippen LogP contribution >= 0.6 is 11.6 Å². The molecule has 21 heavy (non-hydrogen) atoms. The molecule has 1 aromatic rings. The smallest absolute Gasteiger partial charge is 0.244 e. The SMILES string of the molecule is CCC(CC)(CO)CNC(=O)/C=C/c1c(F)cccc1Cl. The zero-order valence-electron chi connectivity index (χ0n) is 12.3. The lowest BCUT2D eigenvalue weighted by molar-refractivity contribution is -0.117. The molecule has 116 valence electrons. The third-order valence-electron chi connectivity index (χ3n) is 3.87. The number of halogens is 2. The molecule has 2 N–H and O–H groups in total. The standard InChI is InChI=1S/C16H21ClFNO2/c1-3-16(4-2,11-20)10-19-15(21)9-8-12-13(17)6-5-7-14(12)18/h5-9,20H,3-4,10-11H2,1-2H3,(H,19,21)/b9-8+. The normalized spacial score (nSPS) is 11.9. The Hall–Kier alpha value is -1.39. The zero-order valence-corrected chi connectivity index (χ0v) is 13.1. The number of amides is 1. The van der Waals surface area contributed by atoms with E-state index in [0.717, 1.165) is 12.8 Å². The van der Waals surface area contributed by atoms with Gasteiger partial charge in [-0.05, 0) is 31.1 Å². The van der Waals surface area contributed by atoms with Crippen molar-refractivity contribution in [2.24, 2.45) is 5.41 Å². The van der Waals surface area contributed by atoms with E-state index in [1.54, 1.807) is 6.07 Å². The van der Waals surface area contributed by atoms with Gasteiger partial charge < -0.3 is 10.4 Å². The molecule has 0 spiro atoms. The largest absolute Gasteiger partial charge is 0.396 e. The van der Waals surface area contributed by atoms with Crippen molar-refractivity contribution < 1.29 is 14.3 Å². The predicted molar refractivity (Wildman–Crippen MR) is 83.6 cm³/mol. The van der Waals surface area contributed by atoms with Gasteiger partial charge in [0.2, 0.25) is 5.91 Å². The second-order valence-corrected chi connectivity index (χ2v) is 5.46. The molecule has 0 atom stereocenters. The maximum atomic E-state index is 13.5. The minimum absolute atomic E-state index is 0.0170. The third kappa shape index (κ3) is 4.83. The highest BCUT2D eigenvalue weighted by Gasteiger charge is 2.25. The second kappa shape index (κ2) is 8.15. The van der Waals surface area contributed by atoms with Crippen LogP contribution in [0, 0.1) is 11.2 Å². The van der Waals surface area contributed by atoms with Gasteiger partial charge in [0.05, 0.1) is 11.6 Å². The van der Waals surface area contributed by atoms with E-state index in [-0.39, 0.29) is 28.5 Å². The maximum absolute atomic E-state index is 13.5. The van der Waals surface area contributed by atoms with Crippen molar-refractivity contribution in [3.8, 4) is 0 Å². The number of nitrogens with one attached hydrogen (secondary N) is 1. The molecule has 1 aromatic carbocycles. The summed E-state index contributed by atoms with van der Waals surface area (Å²) >= 11 is 5.87. The summed E-state index contributed by atoms with van der Waals surface area (Å²) in [4.78, 5) is 11.8. The van der Waals surface area contributed by atoms with Crippen molar-refractivity contribution >= 4 is 23.6 Å². The minimum Gasteiger partial charge on any atom is -0.396 e. The number of benzene rings is 1. The number of rotatable bonds is 7. The first-order valence-corrected chi connectivity index (χ1v) is 7.36. The average molecular weight is 314 g/mol. The van der Waals surface area contributed by atoms with Crippen molar-refractivity contribution in [1.29, 1.82) is 0 Å². The van der Waals surface area contributed by atoms with Gasteiger partial charge in [0.25, 0.3) is 0 Å². The Kier molecular flexibility index (Phi) is 6.85. The van der Waals surface area contributed by atoms with E-state index in [4.69, 9.17) is 11.6 Å². The number of aliphatic hydroxyl groups is 1. The van der Waals surface area contributed by atoms with E-state index in [2.05, 4.69) is 5.32 Å². The maximum Gasteiger partial charge on any atom is 0.244 e. The fourth-order valence-electron chi connectivity index (χ4n) is 1.94. The van der Waals surface area contributed by atoms with E-state index in [9.17, 15) is 14.3 Å². The van der Waals surface area contributed by atoms with Gasteiger partial charge in [-0.3, -0.25) is 4.79 Å². The number of hydrogen-bond donors (Lipinski definition) is 2. The van der Waals surface area contributed by atoms with Crippen LogP contribution < -0.4 is 5.32 Å². The summed E-state index contributed by atoms with van der Waals surface area (Å²) in [6.45, 7) is 4.34. The molecule has 0 heterocycles.